The molecule has 20 heavy (non-hydrogen) atoms. The van der Waals surface area contributed by atoms with Gasteiger partial charge in [-0.05, 0) is 43.5 Å². The molecule has 0 aromatic heterocycles. The second kappa shape index (κ2) is 6.36. The largest absolute Gasteiger partial charge is 0.409 e. The number of benzene rings is 1. The Balaban J connectivity index is 3.08. The molecule has 6 heteroatoms. The molecule has 110 valence electrons. The number of amides is 1. The van der Waals surface area contributed by atoms with E-state index in [1.807, 2.05) is 13.8 Å². The molecular weight excluding hydrogens is 261 g/mol. The topological polar surface area (TPSA) is 87.7 Å². The molecule has 0 radical (unpaired) electrons. The molecule has 4 N–H and O–H groups in total. The molecule has 0 bridgehead atoms. The van der Waals surface area contributed by atoms with Gasteiger partial charge in [-0.15, -0.1) is 0 Å². The fourth-order valence-corrected chi connectivity index (χ4v) is 2.11. The summed E-state index contributed by atoms with van der Waals surface area (Å²) in [4.78, 5) is 12.2. The Morgan fingerprint density at radius 2 is 2.00 bits per heavy atom. The summed E-state index contributed by atoms with van der Waals surface area (Å²) in [6.45, 7) is 5.34. The van der Waals surface area contributed by atoms with Crippen molar-refractivity contribution in [1.29, 1.82) is 0 Å². The lowest BCUT2D eigenvalue weighted by Gasteiger charge is -2.31. The van der Waals surface area contributed by atoms with Crippen molar-refractivity contribution in [3.8, 4) is 0 Å². The van der Waals surface area contributed by atoms with E-state index in [0.717, 1.165) is 6.07 Å². The molecule has 0 fully saturated rings. The van der Waals surface area contributed by atoms with E-state index in [-0.39, 0.29) is 11.4 Å². The maximum Gasteiger partial charge on any atom is 0.252 e. The lowest BCUT2D eigenvalue weighted by molar-refractivity contribution is 0.0917. The summed E-state index contributed by atoms with van der Waals surface area (Å²) >= 11 is 0. The number of carbonyl (C=O) groups excluding carboxylic acids is 1. The van der Waals surface area contributed by atoms with Crippen LogP contribution in [-0.4, -0.2) is 22.5 Å². The highest BCUT2D eigenvalue weighted by Gasteiger charge is 2.33. The van der Waals surface area contributed by atoms with Crippen LogP contribution in [0.2, 0.25) is 0 Å². The van der Waals surface area contributed by atoms with Crippen LogP contribution in [0.1, 0.15) is 42.6 Å². The van der Waals surface area contributed by atoms with Crippen LogP contribution < -0.4 is 11.1 Å². The van der Waals surface area contributed by atoms with Gasteiger partial charge in [0, 0.05) is 5.56 Å². The number of nitrogens with zero attached hydrogens (tertiary/aromatic N) is 1. The highest BCUT2D eigenvalue weighted by Crippen LogP contribution is 2.17. The van der Waals surface area contributed by atoms with Gasteiger partial charge in [-0.25, -0.2) is 4.39 Å². The van der Waals surface area contributed by atoms with Gasteiger partial charge in [0.2, 0.25) is 0 Å². The van der Waals surface area contributed by atoms with Crippen molar-refractivity contribution in [2.24, 2.45) is 10.9 Å². The number of oxime groups is 1. The molecule has 5 nitrogen and oxygen atoms in total. The number of halogens is 1. The van der Waals surface area contributed by atoms with Crippen molar-refractivity contribution in [2.45, 2.75) is 39.2 Å². The summed E-state index contributed by atoms with van der Waals surface area (Å²) in [7, 11) is 0. The third-order valence-corrected chi connectivity index (χ3v) is 3.46. The van der Waals surface area contributed by atoms with Crippen LogP contribution in [0, 0.1) is 12.7 Å². The highest BCUT2D eigenvalue weighted by atomic mass is 19.1. The molecule has 0 heterocycles. The Bertz CT molecular complexity index is 505. The molecule has 0 unspecified atom stereocenters. The van der Waals surface area contributed by atoms with E-state index >= 15 is 0 Å². The van der Waals surface area contributed by atoms with E-state index in [1.54, 1.807) is 13.0 Å². The van der Waals surface area contributed by atoms with Gasteiger partial charge in [0.1, 0.15) is 11.4 Å². The average Bonchev–Trinajstić information content (AvgIpc) is 2.42. The Hall–Kier alpha value is -2.11. The van der Waals surface area contributed by atoms with Gasteiger partial charge >= 0.3 is 0 Å². The van der Waals surface area contributed by atoms with Crippen LogP contribution in [0.3, 0.4) is 0 Å². The molecule has 0 atom stereocenters. The van der Waals surface area contributed by atoms with Crippen LogP contribution in [-0.2, 0) is 0 Å². The van der Waals surface area contributed by atoms with Gasteiger partial charge in [0.25, 0.3) is 5.91 Å². The van der Waals surface area contributed by atoms with Crippen molar-refractivity contribution in [1.82, 2.24) is 5.32 Å². The van der Waals surface area contributed by atoms with E-state index in [4.69, 9.17) is 10.9 Å². The first kappa shape index (κ1) is 15.9. The fraction of sp³-hybridized carbons (Fsp3) is 0.429. The first-order chi connectivity index (χ1) is 9.38. The molecule has 0 aliphatic rings. The zero-order chi connectivity index (χ0) is 15.3. The van der Waals surface area contributed by atoms with E-state index in [2.05, 4.69) is 10.5 Å². The normalized spacial score (nSPS) is 12.3. The number of hydrogen-bond acceptors (Lipinski definition) is 3. The molecule has 0 aliphatic carbocycles. The van der Waals surface area contributed by atoms with Crippen LogP contribution in [0.15, 0.2) is 23.4 Å². The first-order valence-corrected chi connectivity index (χ1v) is 6.46. The summed E-state index contributed by atoms with van der Waals surface area (Å²) < 4.78 is 13.3. The molecule has 1 amide bonds. The SMILES string of the molecule is CCC(CC)(NC(=O)c1cc(C)cc(F)c1)/C(N)=N/O. The molecule has 1 rings (SSSR count). The maximum atomic E-state index is 13.3. The fourth-order valence-electron chi connectivity index (χ4n) is 2.11. The molecule has 0 saturated carbocycles. The number of nitrogens with one attached hydrogen (secondary N) is 1. The molecule has 0 saturated heterocycles. The quantitative estimate of drug-likeness (QED) is 0.334. The van der Waals surface area contributed by atoms with Gasteiger partial charge in [0.15, 0.2) is 5.84 Å². The Labute approximate surface area is 117 Å². The van der Waals surface area contributed by atoms with E-state index < -0.39 is 17.3 Å². The van der Waals surface area contributed by atoms with Crippen molar-refractivity contribution in [2.75, 3.05) is 0 Å². The first-order valence-electron chi connectivity index (χ1n) is 6.46. The molecule has 1 aromatic carbocycles. The summed E-state index contributed by atoms with van der Waals surface area (Å²) in [6.07, 6.45) is 0.916. The third kappa shape index (κ3) is 3.26. The number of nitrogens with two attached hydrogens (primary N) is 1. The minimum absolute atomic E-state index is 0.0658. The second-order valence-electron chi connectivity index (χ2n) is 4.75. The monoisotopic (exact) mass is 281 g/mol. The number of hydrogen-bond donors (Lipinski definition) is 3. The zero-order valence-corrected chi connectivity index (χ0v) is 11.9. The standard InChI is InChI=1S/C14H20FN3O2/c1-4-14(5-2,13(16)18-20)17-12(19)10-6-9(3)7-11(15)8-10/h6-8,20H,4-5H2,1-3H3,(H2,16,18)(H,17,19). The molecule has 1 aromatic rings. The van der Waals surface area contributed by atoms with Crippen molar-refractivity contribution in [3.63, 3.8) is 0 Å². The van der Waals surface area contributed by atoms with Gasteiger partial charge in [-0.1, -0.05) is 19.0 Å². The van der Waals surface area contributed by atoms with E-state index in [0.29, 0.717) is 18.4 Å². The van der Waals surface area contributed by atoms with Crippen LogP contribution in [0.4, 0.5) is 4.39 Å². The number of carbonyl (C=O) groups is 1. The molecule has 0 spiro atoms. The smallest absolute Gasteiger partial charge is 0.252 e. The van der Waals surface area contributed by atoms with Gasteiger partial charge in [-0.3, -0.25) is 4.79 Å². The maximum absolute atomic E-state index is 13.3. The van der Waals surface area contributed by atoms with Crippen molar-refractivity contribution in [3.05, 3.63) is 35.1 Å². The minimum atomic E-state index is -0.938. The van der Waals surface area contributed by atoms with Crippen molar-refractivity contribution < 1.29 is 14.4 Å². The number of aryl methyl sites for hydroxylation is 1. The lowest BCUT2D eigenvalue weighted by Crippen LogP contribution is -2.56. The third-order valence-electron chi connectivity index (χ3n) is 3.46. The van der Waals surface area contributed by atoms with Crippen LogP contribution in [0.25, 0.3) is 0 Å². The van der Waals surface area contributed by atoms with E-state index in [1.165, 1.54) is 6.07 Å². The summed E-state index contributed by atoms with van der Waals surface area (Å²) in [5.74, 6) is -0.996. The predicted molar refractivity (Wildman–Crippen MR) is 75.3 cm³/mol. The Kier molecular flexibility index (Phi) is 5.07. The predicted octanol–water partition coefficient (Wildman–Crippen LogP) is 2.17. The summed E-state index contributed by atoms with van der Waals surface area (Å²) in [5, 5.41) is 14.6. The van der Waals surface area contributed by atoms with Gasteiger partial charge in [-0.2, -0.15) is 0 Å². The average molecular weight is 281 g/mol. The van der Waals surface area contributed by atoms with Crippen LogP contribution in [0.5, 0.6) is 0 Å². The zero-order valence-electron chi connectivity index (χ0n) is 11.9. The van der Waals surface area contributed by atoms with Crippen molar-refractivity contribution >= 4 is 11.7 Å². The lowest BCUT2D eigenvalue weighted by atomic mass is 9.91. The molecular formula is C14H20FN3O2. The Morgan fingerprint density at radius 1 is 1.40 bits per heavy atom. The Morgan fingerprint density at radius 3 is 2.45 bits per heavy atom. The summed E-state index contributed by atoms with van der Waals surface area (Å²) in [5.41, 5.74) is 5.59. The van der Waals surface area contributed by atoms with Crippen LogP contribution >= 0.6 is 0 Å². The van der Waals surface area contributed by atoms with Gasteiger partial charge in [0.05, 0.1) is 0 Å². The summed E-state index contributed by atoms with van der Waals surface area (Å²) in [6, 6.07) is 4.08. The minimum Gasteiger partial charge on any atom is -0.409 e. The number of rotatable bonds is 5. The highest BCUT2D eigenvalue weighted by molar-refractivity contribution is 6.00. The molecule has 0 aliphatic heterocycles. The van der Waals surface area contributed by atoms with Gasteiger partial charge < -0.3 is 16.3 Å². The van der Waals surface area contributed by atoms with E-state index in [9.17, 15) is 9.18 Å². The second-order valence-corrected chi connectivity index (χ2v) is 4.75. The number of amidine groups is 1.